The maximum absolute atomic E-state index is 13.2. The number of nitrogens with two attached hydrogens (primary N) is 1. The van der Waals surface area contributed by atoms with E-state index in [2.05, 4.69) is 84.9 Å². The lowest BCUT2D eigenvalue weighted by Crippen LogP contribution is -2.32. The van der Waals surface area contributed by atoms with E-state index in [1.165, 1.54) is 18.9 Å². The number of hydrogen-bond acceptors (Lipinski definition) is 11. The van der Waals surface area contributed by atoms with Crippen molar-refractivity contribution in [1.29, 1.82) is 0 Å². The molecule has 14 nitrogen and oxygen atoms in total. The Morgan fingerprint density at radius 1 is 0.582 bits per heavy atom. The van der Waals surface area contributed by atoms with Crippen molar-refractivity contribution >= 4 is 71.8 Å². The molecule has 1 heterocycles. The summed E-state index contributed by atoms with van der Waals surface area (Å²) in [5, 5.41) is 3.16. The Hall–Kier alpha value is -6.97. The second-order valence-electron chi connectivity index (χ2n) is 21.8. The number of anilines is 6. The van der Waals surface area contributed by atoms with E-state index >= 15 is 0 Å². The molecule has 6 aromatic rings. The molecule has 1 aliphatic rings. The minimum absolute atomic E-state index is 0.0983. The number of aryl methyl sites for hydroxylation is 2. The molecule has 0 radical (unpaired) electrons. The van der Waals surface area contributed by atoms with Crippen molar-refractivity contribution < 1.29 is 31.2 Å². The zero-order valence-electron chi connectivity index (χ0n) is 48.5. The number of carbonyl (C=O) groups excluding carboxylic acids is 2. The summed E-state index contributed by atoms with van der Waals surface area (Å²) in [6.45, 7) is 27.1. The Morgan fingerprint density at radius 2 is 1.00 bits per heavy atom. The van der Waals surface area contributed by atoms with Crippen molar-refractivity contribution in [3.05, 3.63) is 150 Å². The highest BCUT2D eigenvalue weighted by Gasteiger charge is 2.20. The second kappa shape index (κ2) is 31.6. The number of hydrogen-bond donors (Lipinski definition) is 4. The van der Waals surface area contributed by atoms with E-state index < -0.39 is 20.0 Å². The van der Waals surface area contributed by atoms with Crippen LogP contribution < -0.4 is 30.3 Å². The third-order valence-corrected chi connectivity index (χ3v) is 13.1. The van der Waals surface area contributed by atoms with Crippen molar-refractivity contribution in [3.8, 4) is 22.3 Å². The fourth-order valence-corrected chi connectivity index (χ4v) is 9.87. The first-order valence-corrected chi connectivity index (χ1v) is 30.8. The molecule has 1 fully saturated rings. The highest BCUT2D eigenvalue weighted by molar-refractivity contribution is 7.92. The van der Waals surface area contributed by atoms with Gasteiger partial charge in [-0.05, 0) is 116 Å². The van der Waals surface area contributed by atoms with E-state index in [1.807, 2.05) is 117 Å². The minimum Gasteiger partial charge on any atom is -0.397 e. The first-order valence-electron chi connectivity index (χ1n) is 27.1. The summed E-state index contributed by atoms with van der Waals surface area (Å²) in [5.41, 5.74) is 18.0. The van der Waals surface area contributed by atoms with Gasteiger partial charge in [0.05, 0.1) is 58.7 Å². The molecule has 79 heavy (non-hydrogen) atoms. The quantitative estimate of drug-likeness (QED) is 0.0325. The van der Waals surface area contributed by atoms with E-state index in [-0.39, 0.29) is 12.3 Å². The lowest BCUT2D eigenvalue weighted by molar-refractivity contribution is -0.115. The number of nitrogens with zero attached hydrogens (tertiary/aromatic N) is 3. The molecule has 5 N–H and O–H groups in total. The van der Waals surface area contributed by atoms with Crippen LogP contribution in [0.5, 0.6) is 0 Å². The van der Waals surface area contributed by atoms with E-state index in [0.717, 1.165) is 102 Å². The molecule has 426 valence electrons. The first kappa shape index (κ1) is 64.6. The third kappa shape index (κ3) is 23.9. The molecule has 6 aromatic carbocycles. The van der Waals surface area contributed by atoms with Crippen molar-refractivity contribution in [1.82, 2.24) is 0 Å². The summed E-state index contributed by atoms with van der Waals surface area (Å²) in [4.78, 5) is 31.0. The summed E-state index contributed by atoms with van der Waals surface area (Å²) < 4.78 is 57.4. The van der Waals surface area contributed by atoms with Crippen LogP contribution in [0.2, 0.25) is 0 Å². The standard InChI is InChI=1S/C30H39N3O3S.C21H31N3O2S.C8H7NO.C4H8O/c1-21(2)19-33(20-22(3)4)29-16-15-25(26-9-7-8-10-27(26)32-37(6,35)36)18-28(29)31-30(34)17-24-13-11-23(5)12-14-24;1-15(2)13-24(14-16(3)4)21-11-10-17(12-19(21)22)18-8-6-7-9-20(18)23-27(5,25)26;1-7-2-4-8(5-3-7)9-6-10;1-2-4-5-3-1/h7-16,18,21-22,32H,17,19-20H2,1-6H3,(H,31,34);6-12,15-16,23H,13-14,22H2,1-5H3;2-5H,1H3;1-4H2. The molecular formula is C63H85N7O7S2. The Bertz CT molecular complexity index is 3110. The van der Waals surface area contributed by atoms with Gasteiger partial charge in [0.2, 0.25) is 32.0 Å². The van der Waals surface area contributed by atoms with Crippen LogP contribution >= 0.6 is 0 Å². The maximum atomic E-state index is 13.2. The molecule has 0 atom stereocenters. The number of aliphatic imine (C=N–C) groups is 1. The largest absolute Gasteiger partial charge is 0.397 e. The Morgan fingerprint density at radius 3 is 1.41 bits per heavy atom. The van der Waals surface area contributed by atoms with Crippen LogP contribution in [0, 0.1) is 37.5 Å². The predicted octanol–water partition coefficient (Wildman–Crippen LogP) is 13.5. The highest BCUT2D eigenvalue weighted by Crippen LogP contribution is 2.37. The van der Waals surface area contributed by atoms with Crippen LogP contribution in [-0.4, -0.2) is 80.7 Å². The fraction of sp³-hybridized carbons (Fsp3) is 0.397. The van der Waals surface area contributed by atoms with E-state index in [0.29, 0.717) is 52.1 Å². The zero-order valence-corrected chi connectivity index (χ0v) is 50.1. The molecule has 1 aliphatic heterocycles. The van der Waals surface area contributed by atoms with Gasteiger partial charge in [-0.2, -0.15) is 4.99 Å². The minimum atomic E-state index is -3.45. The zero-order chi connectivity index (χ0) is 58.3. The lowest BCUT2D eigenvalue weighted by atomic mass is 10.0. The molecule has 0 aliphatic carbocycles. The molecule has 16 heteroatoms. The highest BCUT2D eigenvalue weighted by atomic mass is 32.2. The van der Waals surface area contributed by atoms with E-state index in [1.54, 1.807) is 30.3 Å². The van der Waals surface area contributed by atoms with Gasteiger partial charge in [-0.3, -0.25) is 14.2 Å². The summed E-state index contributed by atoms with van der Waals surface area (Å²) in [6.07, 6.45) is 6.59. The summed E-state index contributed by atoms with van der Waals surface area (Å²) >= 11 is 0. The van der Waals surface area contributed by atoms with Crippen LogP contribution in [0.1, 0.15) is 84.9 Å². The van der Waals surface area contributed by atoms with E-state index in [4.69, 9.17) is 10.5 Å². The molecule has 0 bridgehead atoms. The number of sulfonamides is 2. The number of nitrogens with one attached hydrogen (secondary N) is 3. The molecule has 0 saturated carbocycles. The van der Waals surface area contributed by atoms with Gasteiger partial charge in [0.1, 0.15) is 0 Å². The summed E-state index contributed by atoms with van der Waals surface area (Å²) in [7, 11) is -6.81. The monoisotopic (exact) mass is 1120 g/mol. The normalized spacial score (nSPS) is 12.1. The van der Waals surface area contributed by atoms with E-state index in [9.17, 15) is 26.4 Å². The number of amides is 1. The van der Waals surface area contributed by atoms with Crippen LogP contribution in [0.25, 0.3) is 22.3 Å². The van der Waals surface area contributed by atoms with Crippen molar-refractivity contribution in [2.75, 3.05) is 82.2 Å². The van der Waals surface area contributed by atoms with Gasteiger partial charge < -0.3 is 25.6 Å². The third-order valence-electron chi connectivity index (χ3n) is 11.9. The number of rotatable bonds is 20. The number of carbonyl (C=O) groups is 1. The fourth-order valence-electron chi connectivity index (χ4n) is 8.71. The molecule has 1 saturated heterocycles. The molecule has 0 aromatic heterocycles. The van der Waals surface area contributed by atoms with Gasteiger partial charge in [-0.15, -0.1) is 0 Å². The van der Waals surface area contributed by atoms with Gasteiger partial charge in [0, 0.05) is 50.5 Å². The SMILES string of the molecule is C1CCOC1.CC(C)CN(CC(C)C)c1ccc(-c2ccccc2NS(C)(=O)=O)cc1N.Cc1ccc(CC(=O)Nc2cc(-c3ccccc3NS(C)(=O)=O)ccc2N(CC(C)C)CC(C)C)cc1.Cc1ccc(N=C=O)cc1. The maximum Gasteiger partial charge on any atom is 0.240 e. The Labute approximate surface area is 472 Å². The van der Waals surface area contributed by atoms with Gasteiger partial charge in [-0.1, -0.05) is 151 Å². The molecule has 0 spiro atoms. The van der Waals surface area contributed by atoms with Crippen molar-refractivity contribution in [3.63, 3.8) is 0 Å². The van der Waals surface area contributed by atoms with Gasteiger partial charge in [0.25, 0.3) is 0 Å². The number of isocyanates is 1. The van der Waals surface area contributed by atoms with Crippen molar-refractivity contribution in [2.45, 2.75) is 88.5 Å². The molecular weight excluding hydrogens is 1030 g/mol. The number of para-hydroxylation sites is 2. The first-order chi connectivity index (χ1) is 37.3. The van der Waals surface area contributed by atoms with Gasteiger partial charge in [-0.25, -0.2) is 21.6 Å². The summed E-state index contributed by atoms with van der Waals surface area (Å²) in [6, 6.07) is 41.9. The average Bonchev–Trinajstić information content (AvgIpc) is 3.96. The van der Waals surface area contributed by atoms with Crippen LogP contribution in [-0.2, 0) is 40.8 Å². The Balaban J connectivity index is 0.000000275. The second-order valence-corrected chi connectivity index (χ2v) is 25.3. The average molecular weight is 1120 g/mol. The molecule has 0 unspecified atom stereocenters. The van der Waals surface area contributed by atoms with Crippen LogP contribution in [0.4, 0.5) is 39.8 Å². The number of nitrogen functional groups attached to an aromatic ring is 1. The van der Waals surface area contributed by atoms with Gasteiger partial charge in [0.15, 0.2) is 0 Å². The topological polar surface area (TPSA) is 193 Å². The summed E-state index contributed by atoms with van der Waals surface area (Å²) in [5.74, 6) is 1.84. The van der Waals surface area contributed by atoms with Crippen LogP contribution in [0.3, 0.4) is 0 Å². The Kier molecular flexibility index (Phi) is 25.8. The molecule has 7 rings (SSSR count). The predicted molar refractivity (Wildman–Crippen MR) is 331 cm³/mol. The number of benzene rings is 6. The van der Waals surface area contributed by atoms with Crippen molar-refractivity contribution in [2.24, 2.45) is 28.7 Å². The smallest absolute Gasteiger partial charge is 0.240 e. The number of ether oxygens (including phenoxy) is 1. The molecule has 1 amide bonds. The lowest BCUT2D eigenvalue weighted by Gasteiger charge is -2.31. The van der Waals surface area contributed by atoms with Crippen LogP contribution in [0.15, 0.2) is 138 Å². The van der Waals surface area contributed by atoms with Gasteiger partial charge >= 0.3 is 0 Å².